The molecule has 210 valence electrons. The van der Waals surface area contributed by atoms with E-state index in [0.717, 1.165) is 68.9 Å². The van der Waals surface area contributed by atoms with E-state index in [1.165, 1.54) is 23.0 Å². The smallest absolute Gasteiger partial charge is 0.260 e. The topological polar surface area (TPSA) is 30.9 Å². The predicted molar refractivity (Wildman–Crippen MR) is 174 cm³/mol. The normalized spacial score (nSPS) is 17.5. The average Bonchev–Trinajstić information content (AvgIpc) is 3.01. The Hall–Kier alpha value is -4.64. The number of ether oxygens (including phenoxy) is 3. The van der Waals surface area contributed by atoms with Gasteiger partial charge in [-0.25, -0.2) is 0 Å². The summed E-state index contributed by atoms with van der Waals surface area (Å²) in [5.41, 5.74) is 9.46. The van der Waals surface area contributed by atoms with E-state index in [-0.39, 0.29) is 17.5 Å². The summed E-state index contributed by atoms with van der Waals surface area (Å²) < 4.78 is 19.8. The second kappa shape index (κ2) is 8.47. The molecule has 4 nitrogen and oxygen atoms in total. The fourth-order valence-corrected chi connectivity index (χ4v) is 7.72. The third-order valence-corrected chi connectivity index (χ3v) is 10.0. The number of para-hydroxylation sites is 4. The molecule has 0 bridgehead atoms. The second-order valence-corrected chi connectivity index (χ2v) is 13.6. The summed E-state index contributed by atoms with van der Waals surface area (Å²) in [7, 11) is 0. The molecule has 1 aliphatic carbocycles. The van der Waals surface area contributed by atoms with Gasteiger partial charge in [0.2, 0.25) is 0 Å². The van der Waals surface area contributed by atoms with Crippen molar-refractivity contribution in [1.82, 2.24) is 0 Å². The molecule has 3 heterocycles. The fourth-order valence-electron chi connectivity index (χ4n) is 7.72. The number of anilines is 3. The summed E-state index contributed by atoms with van der Waals surface area (Å²) in [5, 5.41) is 0. The molecule has 4 aliphatic rings. The van der Waals surface area contributed by atoms with Gasteiger partial charge in [-0.1, -0.05) is 76.2 Å². The van der Waals surface area contributed by atoms with Crippen molar-refractivity contribution in [3.63, 3.8) is 0 Å². The van der Waals surface area contributed by atoms with E-state index < -0.39 is 0 Å². The Bertz CT molecular complexity index is 1950. The molecule has 0 saturated heterocycles. The Morgan fingerprint density at radius 3 is 1.93 bits per heavy atom. The van der Waals surface area contributed by atoms with Gasteiger partial charge in [0.1, 0.15) is 23.0 Å². The average molecular weight is 561 g/mol. The Balaban J connectivity index is 1.24. The summed E-state index contributed by atoms with van der Waals surface area (Å²) in [6.45, 7) is 9.52. The zero-order chi connectivity index (χ0) is 29.1. The van der Waals surface area contributed by atoms with E-state index in [1.807, 2.05) is 30.3 Å². The highest BCUT2D eigenvalue weighted by Gasteiger charge is 2.46. The van der Waals surface area contributed by atoms with Crippen LogP contribution in [-0.2, 0) is 10.8 Å². The summed E-state index contributed by atoms with van der Waals surface area (Å²) in [6.07, 6.45) is 2.30. The van der Waals surface area contributed by atoms with Crippen LogP contribution in [0.25, 0.3) is 0 Å². The zero-order valence-corrected chi connectivity index (χ0v) is 24.9. The van der Waals surface area contributed by atoms with Crippen molar-refractivity contribution < 1.29 is 14.2 Å². The van der Waals surface area contributed by atoms with Crippen molar-refractivity contribution in [2.24, 2.45) is 0 Å². The van der Waals surface area contributed by atoms with Crippen molar-refractivity contribution in [1.29, 1.82) is 0 Å². The molecule has 0 radical (unpaired) electrons. The van der Waals surface area contributed by atoms with Crippen LogP contribution < -0.4 is 35.5 Å². The van der Waals surface area contributed by atoms with Gasteiger partial charge in [-0.15, -0.1) is 0 Å². The number of nitrogens with zero attached hydrogens (tertiary/aromatic N) is 1. The van der Waals surface area contributed by atoms with Crippen molar-refractivity contribution in [2.45, 2.75) is 51.4 Å². The van der Waals surface area contributed by atoms with E-state index in [9.17, 15) is 0 Å². The van der Waals surface area contributed by atoms with Crippen LogP contribution in [0.1, 0.15) is 51.7 Å². The standard InChI is InChI=1S/C38H32BNO3/c1-37(2)20-21-38(3,4)34-24(37)17-19-26-36(34)43-32-15-9-14-31-35(32)39(26)25-18-16-23(22-33(25)42-31)40-27-10-5-7-12-29(27)41-30-13-8-6-11-28(30)40/h5-19,22H,20-21H2,1-4H3. The lowest BCUT2D eigenvalue weighted by Crippen LogP contribution is -2.58. The van der Waals surface area contributed by atoms with Crippen molar-refractivity contribution >= 4 is 40.2 Å². The quantitative estimate of drug-likeness (QED) is 0.189. The minimum absolute atomic E-state index is 0.0281. The van der Waals surface area contributed by atoms with E-state index >= 15 is 0 Å². The maximum atomic E-state index is 6.86. The van der Waals surface area contributed by atoms with Gasteiger partial charge in [0.25, 0.3) is 6.71 Å². The first-order chi connectivity index (χ1) is 20.8. The van der Waals surface area contributed by atoms with Gasteiger partial charge in [-0.05, 0) is 82.6 Å². The summed E-state index contributed by atoms with van der Waals surface area (Å²) in [4.78, 5) is 2.27. The van der Waals surface area contributed by atoms with Gasteiger partial charge < -0.3 is 19.1 Å². The second-order valence-electron chi connectivity index (χ2n) is 13.6. The van der Waals surface area contributed by atoms with E-state index in [0.29, 0.717) is 0 Å². The fraction of sp³-hybridized carbons (Fsp3) is 0.211. The minimum Gasteiger partial charge on any atom is -0.458 e. The number of hydrogen-bond donors (Lipinski definition) is 0. The predicted octanol–water partition coefficient (Wildman–Crippen LogP) is 8.34. The Kier molecular flexibility index (Phi) is 4.91. The first-order valence-electron chi connectivity index (χ1n) is 15.3. The molecular weight excluding hydrogens is 529 g/mol. The van der Waals surface area contributed by atoms with Crippen LogP contribution in [0, 0.1) is 0 Å². The van der Waals surface area contributed by atoms with Crippen LogP contribution >= 0.6 is 0 Å². The van der Waals surface area contributed by atoms with Gasteiger partial charge >= 0.3 is 0 Å². The van der Waals surface area contributed by atoms with Gasteiger partial charge in [-0.2, -0.15) is 0 Å². The highest BCUT2D eigenvalue weighted by atomic mass is 16.5. The van der Waals surface area contributed by atoms with E-state index in [4.69, 9.17) is 14.2 Å². The Morgan fingerprint density at radius 2 is 1.19 bits per heavy atom. The molecule has 43 heavy (non-hydrogen) atoms. The first kappa shape index (κ1) is 24.9. The number of benzene rings is 5. The summed E-state index contributed by atoms with van der Waals surface area (Å²) >= 11 is 0. The molecule has 0 saturated carbocycles. The molecule has 3 aliphatic heterocycles. The molecule has 5 aromatic carbocycles. The van der Waals surface area contributed by atoms with Gasteiger partial charge in [0.05, 0.1) is 17.1 Å². The summed E-state index contributed by atoms with van der Waals surface area (Å²) in [5.74, 6) is 5.34. The van der Waals surface area contributed by atoms with Crippen LogP contribution in [0.2, 0.25) is 0 Å². The van der Waals surface area contributed by atoms with Crippen molar-refractivity contribution in [3.05, 3.63) is 108 Å². The van der Waals surface area contributed by atoms with Gasteiger partial charge in [-0.3, -0.25) is 0 Å². The van der Waals surface area contributed by atoms with Crippen LogP contribution in [0.4, 0.5) is 17.1 Å². The molecule has 0 atom stereocenters. The lowest BCUT2D eigenvalue weighted by Gasteiger charge is -2.44. The molecule has 5 aromatic rings. The maximum absolute atomic E-state index is 6.86. The Morgan fingerprint density at radius 1 is 0.581 bits per heavy atom. The van der Waals surface area contributed by atoms with Crippen molar-refractivity contribution in [3.8, 4) is 34.5 Å². The first-order valence-corrected chi connectivity index (χ1v) is 15.3. The highest BCUT2D eigenvalue weighted by molar-refractivity contribution is 6.98. The van der Waals surface area contributed by atoms with E-state index in [2.05, 4.69) is 99.3 Å². The highest BCUT2D eigenvalue weighted by Crippen LogP contribution is 2.52. The van der Waals surface area contributed by atoms with Crippen LogP contribution in [0.15, 0.2) is 97.1 Å². The maximum Gasteiger partial charge on any atom is 0.260 e. The summed E-state index contributed by atoms with van der Waals surface area (Å²) in [6, 6.07) is 33.9. The number of fused-ring (bicyclic) bond motifs is 8. The van der Waals surface area contributed by atoms with Crippen LogP contribution in [0.5, 0.6) is 34.5 Å². The Labute approximate surface area is 252 Å². The van der Waals surface area contributed by atoms with Crippen molar-refractivity contribution in [2.75, 3.05) is 4.90 Å². The minimum atomic E-state index is 0.0281. The molecular formula is C38H32BNO3. The molecule has 0 unspecified atom stereocenters. The zero-order valence-electron chi connectivity index (χ0n) is 24.9. The lowest BCUT2D eigenvalue weighted by atomic mass is 9.34. The lowest BCUT2D eigenvalue weighted by molar-refractivity contribution is 0.320. The molecule has 9 rings (SSSR count). The van der Waals surface area contributed by atoms with Crippen LogP contribution in [0.3, 0.4) is 0 Å². The molecule has 5 heteroatoms. The van der Waals surface area contributed by atoms with Gasteiger partial charge in [0, 0.05) is 17.1 Å². The van der Waals surface area contributed by atoms with Gasteiger partial charge in [0.15, 0.2) is 11.5 Å². The third kappa shape index (κ3) is 3.45. The molecule has 0 amide bonds. The van der Waals surface area contributed by atoms with E-state index in [1.54, 1.807) is 0 Å². The molecule has 0 N–H and O–H groups in total. The molecule has 0 fully saturated rings. The molecule has 0 aromatic heterocycles. The SMILES string of the molecule is CC1(C)CCC(C)(C)c2c1ccc1c2Oc2cccc3c2B1c1ccc(N2c4ccccc4Oc4ccccc42)cc1O3. The van der Waals surface area contributed by atoms with Crippen LogP contribution in [-0.4, -0.2) is 6.71 Å². The monoisotopic (exact) mass is 561 g/mol. The third-order valence-electron chi connectivity index (χ3n) is 10.0. The number of hydrogen-bond acceptors (Lipinski definition) is 4. The largest absolute Gasteiger partial charge is 0.458 e. The number of rotatable bonds is 1. The molecule has 0 spiro atoms.